The fraction of sp³-hybridized carbons (Fsp3) is 0. The van der Waals surface area contributed by atoms with Crippen molar-refractivity contribution in [3.63, 3.8) is 0 Å². The van der Waals surface area contributed by atoms with Gasteiger partial charge in [0.15, 0.2) is 0 Å². The minimum Gasteiger partial charge on any atom is -0.437 e. The van der Waals surface area contributed by atoms with Crippen molar-refractivity contribution >= 4 is 27.5 Å². The van der Waals surface area contributed by atoms with Crippen molar-refractivity contribution in [1.29, 1.82) is 5.26 Å². The van der Waals surface area contributed by atoms with Crippen LogP contribution in [-0.4, -0.2) is 4.98 Å². The molecular weight excluding hydrogens is 304 g/mol. The number of hydrogen-bond donors (Lipinski definition) is 0. The van der Waals surface area contributed by atoms with Gasteiger partial charge < -0.3 is 4.74 Å². The summed E-state index contributed by atoms with van der Waals surface area (Å²) in [6.45, 7) is 0. The second-order valence-electron chi connectivity index (χ2n) is 3.18. The van der Waals surface area contributed by atoms with Gasteiger partial charge in [-0.3, -0.25) is 0 Å². The molecule has 2 aromatic rings. The van der Waals surface area contributed by atoms with E-state index in [4.69, 9.17) is 21.6 Å². The van der Waals surface area contributed by atoms with E-state index in [-0.39, 0.29) is 0 Å². The van der Waals surface area contributed by atoms with Crippen LogP contribution in [0.2, 0.25) is 5.02 Å². The van der Waals surface area contributed by atoms with E-state index in [0.29, 0.717) is 22.2 Å². The highest BCUT2D eigenvalue weighted by atomic mass is 79.9. The molecule has 0 atom stereocenters. The van der Waals surface area contributed by atoms with Crippen LogP contribution in [0.5, 0.6) is 11.6 Å². The summed E-state index contributed by atoms with van der Waals surface area (Å²) in [6, 6.07) is 10.5. The molecule has 5 heteroatoms. The fourth-order valence-corrected chi connectivity index (χ4v) is 1.89. The Balaban J connectivity index is 2.28. The maximum absolute atomic E-state index is 8.77. The van der Waals surface area contributed by atoms with Crippen molar-refractivity contribution in [3.05, 3.63) is 51.6 Å². The molecule has 0 radical (unpaired) electrons. The molecule has 0 spiro atoms. The smallest absolute Gasteiger partial charge is 0.238 e. The lowest BCUT2D eigenvalue weighted by atomic mass is 10.2. The molecule has 0 saturated carbocycles. The SMILES string of the molecule is N#Cc1cccc(Oc2ncc(Br)cc2Cl)c1. The highest BCUT2D eigenvalue weighted by Crippen LogP contribution is 2.29. The summed E-state index contributed by atoms with van der Waals surface area (Å²) >= 11 is 9.23. The van der Waals surface area contributed by atoms with Crippen LogP contribution in [0.15, 0.2) is 41.0 Å². The lowest BCUT2D eigenvalue weighted by Gasteiger charge is -2.06. The van der Waals surface area contributed by atoms with Gasteiger partial charge in [-0.2, -0.15) is 5.26 Å². The van der Waals surface area contributed by atoms with Gasteiger partial charge in [0.2, 0.25) is 5.88 Å². The number of benzene rings is 1. The van der Waals surface area contributed by atoms with Crippen molar-refractivity contribution in [3.8, 4) is 17.7 Å². The van der Waals surface area contributed by atoms with Crippen LogP contribution in [0, 0.1) is 11.3 Å². The number of aromatic nitrogens is 1. The van der Waals surface area contributed by atoms with Crippen LogP contribution in [0.1, 0.15) is 5.56 Å². The third-order valence-electron chi connectivity index (χ3n) is 1.95. The summed E-state index contributed by atoms with van der Waals surface area (Å²) in [5.41, 5.74) is 0.524. The molecule has 84 valence electrons. The van der Waals surface area contributed by atoms with Gasteiger partial charge in [0, 0.05) is 10.7 Å². The van der Waals surface area contributed by atoms with Gasteiger partial charge in [-0.15, -0.1) is 0 Å². The first kappa shape index (κ1) is 11.9. The van der Waals surface area contributed by atoms with E-state index in [1.54, 1.807) is 36.5 Å². The monoisotopic (exact) mass is 308 g/mol. The first-order valence-electron chi connectivity index (χ1n) is 4.68. The Morgan fingerprint density at radius 3 is 2.88 bits per heavy atom. The van der Waals surface area contributed by atoms with Crippen LogP contribution in [-0.2, 0) is 0 Å². The quantitative estimate of drug-likeness (QED) is 0.836. The van der Waals surface area contributed by atoms with E-state index in [1.807, 2.05) is 6.07 Å². The van der Waals surface area contributed by atoms with E-state index in [0.717, 1.165) is 4.47 Å². The predicted octanol–water partition coefficient (Wildman–Crippen LogP) is 4.16. The minimum absolute atomic E-state index is 0.310. The highest BCUT2D eigenvalue weighted by Gasteiger charge is 2.05. The average Bonchev–Trinajstić information content (AvgIpc) is 2.33. The summed E-state index contributed by atoms with van der Waals surface area (Å²) in [6.07, 6.45) is 1.59. The van der Waals surface area contributed by atoms with Gasteiger partial charge in [-0.1, -0.05) is 17.7 Å². The van der Waals surface area contributed by atoms with E-state index < -0.39 is 0 Å². The number of ether oxygens (including phenoxy) is 1. The zero-order valence-corrected chi connectivity index (χ0v) is 10.9. The van der Waals surface area contributed by atoms with Crippen molar-refractivity contribution in [2.45, 2.75) is 0 Å². The molecule has 0 bridgehead atoms. The van der Waals surface area contributed by atoms with E-state index in [1.165, 1.54) is 0 Å². The van der Waals surface area contributed by atoms with Crippen molar-refractivity contribution in [2.24, 2.45) is 0 Å². The summed E-state index contributed by atoms with van der Waals surface area (Å²) in [4.78, 5) is 4.04. The molecule has 1 heterocycles. The van der Waals surface area contributed by atoms with E-state index in [2.05, 4.69) is 20.9 Å². The molecular formula is C12H6BrClN2O. The van der Waals surface area contributed by atoms with Gasteiger partial charge >= 0.3 is 0 Å². The van der Waals surface area contributed by atoms with Crippen LogP contribution < -0.4 is 4.74 Å². The summed E-state index contributed by atoms with van der Waals surface area (Å²) in [7, 11) is 0. The third-order valence-corrected chi connectivity index (χ3v) is 2.66. The maximum Gasteiger partial charge on any atom is 0.238 e. The van der Waals surface area contributed by atoms with Gasteiger partial charge in [0.1, 0.15) is 10.8 Å². The second-order valence-corrected chi connectivity index (χ2v) is 4.51. The normalized spacial score (nSPS) is 9.71. The molecule has 0 saturated heterocycles. The Morgan fingerprint density at radius 1 is 1.35 bits per heavy atom. The Kier molecular flexibility index (Phi) is 3.62. The zero-order chi connectivity index (χ0) is 12.3. The van der Waals surface area contributed by atoms with Crippen molar-refractivity contribution < 1.29 is 4.74 Å². The van der Waals surface area contributed by atoms with Gasteiger partial charge in [-0.25, -0.2) is 4.98 Å². The van der Waals surface area contributed by atoms with Crippen LogP contribution in [0.4, 0.5) is 0 Å². The Hall–Kier alpha value is -1.57. The number of nitriles is 1. The van der Waals surface area contributed by atoms with Gasteiger partial charge in [0.25, 0.3) is 0 Å². The summed E-state index contributed by atoms with van der Waals surface area (Å²) in [5, 5.41) is 9.17. The topological polar surface area (TPSA) is 45.9 Å². The molecule has 0 amide bonds. The predicted molar refractivity (Wildman–Crippen MR) is 68.2 cm³/mol. The molecule has 0 aliphatic carbocycles. The Labute approximate surface area is 112 Å². The van der Waals surface area contributed by atoms with Gasteiger partial charge in [0.05, 0.1) is 11.6 Å². The fourth-order valence-electron chi connectivity index (χ4n) is 1.22. The molecule has 0 unspecified atom stereocenters. The summed E-state index contributed by atoms with van der Waals surface area (Å²) < 4.78 is 6.27. The molecule has 0 fully saturated rings. The van der Waals surface area contributed by atoms with Crippen LogP contribution in [0.25, 0.3) is 0 Å². The molecule has 1 aromatic heterocycles. The average molecular weight is 310 g/mol. The number of nitrogens with zero attached hydrogens (tertiary/aromatic N) is 2. The number of hydrogen-bond acceptors (Lipinski definition) is 3. The number of pyridine rings is 1. The molecule has 2 rings (SSSR count). The van der Waals surface area contributed by atoms with Crippen molar-refractivity contribution in [1.82, 2.24) is 4.98 Å². The first-order chi connectivity index (χ1) is 8.19. The lowest BCUT2D eigenvalue weighted by molar-refractivity contribution is 0.463. The highest BCUT2D eigenvalue weighted by molar-refractivity contribution is 9.10. The molecule has 1 aromatic carbocycles. The molecule has 0 aliphatic rings. The second kappa shape index (κ2) is 5.17. The molecule has 17 heavy (non-hydrogen) atoms. The first-order valence-corrected chi connectivity index (χ1v) is 5.85. The van der Waals surface area contributed by atoms with Crippen LogP contribution in [0.3, 0.4) is 0 Å². The molecule has 3 nitrogen and oxygen atoms in total. The number of rotatable bonds is 2. The van der Waals surface area contributed by atoms with E-state index in [9.17, 15) is 0 Å². The molecule has 0 N–H and O–H groups in total. The largest absolute Gasteiger partial charge is 0.437 e. The van der Waals surface area contributed by atoms with Crippen molar-refractivity contribution in [2.75, 3.05) is 0 Å². The van der Waals surface area contributed by atoms with Gasteiger partial charge in [-0.05, 0) is 40.2 Å². The van der Waals surface area contributed by atoms with Crippen LogP contribution >= 0.6 is 27.5 Å². The van der Waals surface area contributed by atoms with E-state index >= 15 is 0 Å². The standard InChI is InChI=1S/C12H6BrClN2O/c13-9-5-11(14)12(16-7-9)17-10-3-1-2-8(4-10)6-15/h1-5,7H. The zero-order valence-electron chi connectivity index (χ0n) is 8.52. The Bertz CT molecular complexity index is 595. The summed E-state index contributed by atoms with van der Waals surface area (Å²) in [5.74, 6) is 0.839. The Morgan fingerprint density at radius 2 is 2.18 bits per heavy atom. The maximum atomic E-state index is 8.77. The number of halogens is 2. The minimum atomic E-state index is 0.310. The third kappa shape index (κ3) is 2.96. The molecule has 0 aliphatic heterocycles. The lowest BCUT2D eigenvalue weighted by Crippen LogP contribution is -1.89.